The minimum atomic E-state index is 0.0621. The Kier molecular flexibility index (Phi) is 4.91. The number of aryl methyl sites for hydroxylation is 1. The van der Waals surface area contributed by atoms with Gasteiger partial charge in [-0.2, -0.15) is 0 Å². The molecule has 0 aliphatic heterocycles. The lowest BCUT2D eigenvalue weighted by Gasteiger charge is -2.19. The van der Waals surface area contributed by atoms with Crippen molar-refractivity contribution in [1.29, 1.82) is 0 Å². The molecule has 1 aromatic rings. The SMILES string of the molecule is C=CC1=CC(OC)CCc2cc(OC)c(OC)c(OC)c21. The van der Waals surface area contributed by atoms with Crippen molar-refractivity contribution in [2.24, 2.45) is 0 Å². The first-order valence-corrected chi connectivity index (χ1v) is 6.89. The molecule has 1 aliphatic rings. The van der Waals surface area contributed by atoms with Gasteiger partial charge in [-0.25, -0.2) is 0 Å². The van der Waals surface area contributed by atoms with E-state index in [1.165, 1.54) is 0 Å². The molecule has 0 N–H and O–H groups in total. The molecule has 0 fully saturated rings. The average Bonchev–Trinajstić information content (AvgIpc) is 2.71. The van der Waals surface area contributed by atoms with Crippen molar-refractivity contribution in [3.8, 4) is 17.2 Å². The third-order valence-electron chi connectivity index (χ3n) is 3.79. The second-order valence-corrected chi connectivity index (χ2v) is 4.82. The van der Waals surface area contributed by atoms with Crippen LogP contribution in [-0.4, -0.2) is 34.5 Å². The van der Waals surface area contributed by atoms with Crippen LogP contribution in [0.1, 0.15) is 17.5 Å². The summed E-state index contributed by atoms with van der Waals surface area (Å²) in [6, 6.07) is 2.01. The molecular formula is C17H22O4. The number of rotatable bonds is 5. The van der Waals surface area contributed by atoms with E-state index in [-0.39, 0.29) is 6.10 Å². The summed E-state index contributed by atoms with van der Waals surface area (Å²) >= 11 is 0. The van der Waals surface area contributed by atoms with Crippen LogP contribution in [0.25, 0.3) is 5.57 Å². The fraction of sp³-hybridized carbons (Fsp3) is 0.412. The molecule has 4 nitrogen and oxygen atoms in total. The van der Waals surface area contributed by atoms with Crippen molar-refractivity contribution in [3.05, 3.63) is 35.9 Å². The number of hydrogen-bond acceptors (Lipinski definition) is 4. The molecule has 4 heteroatoms. The van der Waals surface area contributed by atoms with E-state index in [9.17, 15) is 0 Å². The number of methoxy groups -OCH3 is 4. The number of ether oxygens (including phenoxy) is 4. The molecule has 114 valence electrons. The van der Waals surface area contributed by atoms with Crippen LogP contribution in [0.2, 0.25) is 0 Å². The van der Waals surface area contributed by atoms with Crippen LogP contribution in [0, 0.1) is 0 Å². The standard InChI is InChI=1S/C17H22O4/c1-6-11-9-13(18-2)8-7-12-10-14(19-3)16(20-4)17(21-5)15(11)12/h6,9-10,13H,1,7-8H2,2-5H3. The fourth-order valence-corrected chi connectivity index (χ4v) is 2.74. The number of hydrogen-bond donors (Lipinski definition) is 0. The maximum absolute atomic E-state index is 5.60. The summed E-state index contributed by atoms with van der Waals surface area (Å²) in [6.45, 7) is 3.92. The summed E-state index contributed by atoms with van der Waals surface area (Å²) in [5.41, 5.74) is 3.15. The predicted octanol–water partition coefficient (Wildman–Crippen LogP) is 3.24. The normalized spacial score (nSPS) is 17.3. The number of benzene rings is 1. The van der Waals surface area contributed by atoms with Gasteiger partial charge in [0.2, 0.25) is 5.75 Å². The number of allylic oxidation sites excluding steroid dienone is 2. The zero-order chi connectivity index (χ0) is 15.4. The summed E-state index contributed by atoms with van der Waals surface area (Å²) in [5, 5.41) is 0. The highest BCUT2D eigenvalue weighted by Crippen LogP contribution is 2.46. The number of fused-ring (bicyclic) bond motifs is 1. The topological polar surface area (TPSA) is 36.9 Å². The maximum atomic E-state index is 5.60. The van der Waals surface area contributed by atoms with Crippen LogP contribution in [0.4, 0.5) is 0 Å². The van der Waals surface area contributed by atoms with Gasteiger partial charge < -0.3 is 18.9 Å². The second kappa shape index (κ2) is 6.68. The summed E-state index contributed by atoms with van der Waals surface area (Å²) in [6.07, 6.45) is 5.74. The van der Waals surface area contributed by atoms with Crippen LogP contribution in [-0.2, 0) is 11.2 Å². The molecule has 0 saturated carbocycles. The quantitative estimate of drug-likeness (QED) is 0.834. The first kappa shape index (κ1) is 15.4. The third-order valence-corrected chi connectivity index (χ3v) is 3.79. The van der Waals surface area contributed by atoms with E-state index in [1.807, 2.05) is 12.1 Å². The molecule has 1 atom stereocenters. The Bertz CT molecular complexity index is 560. The molecule has 21 heavy (non-hydrogen) atoms. The smallest absolute Gasteiger partial charge is 0.203 e. The van der Waals surface area contributed by atoms with E-state index in [2.05, 4.69) is 12.7 Å². The highest BCUT2D eigenvalue weighted by atomic mass is 16.5. The van der Waals surface area contributed by atoms with Gasteiger partial charge in [0.05, 0.1) is 27.4 Å². The molecule has 1 aliphatic carbocycles. The Morgan fingerprint density at radius 1 is 1.10 bits per heavy atom. The van der Waals surface area contributed by atoms with Gasteiger partial charge in [0.25, 0.3) is 0 Å². The predicted molar refractivity (Wildman–Crippen MR) is 83.4 cm³/mol. The Morgan fingerprint density at radius 3 is 2.33 bits per heavy atom. The van der Waals surface area contributed by atoms with Gasteiger partial charge in [0, 0.05) is 12.7 Å². The fourth-order valence-electron chi connectivity index (χ4n) is 2.74. The molecule has 1 unspecified atom stereocenters. The molecule has 1 aromatic carbocycles. The Labute approximate surface area is 126 Å². The molecule has 0 bridgehead atoms. The monoisotopic (exact) mass is 290 g/mol. The Balaban J connectivity index is 2.72. The van der Waals surface area contributed by atoms with Crippen LogP contribution in [0.15, 0.2) is 24.8 Å². The van der Waals surface area contributed by atoms with E-state index >= 15 is 0 Å². The minimum Gasteiger partial charge on any atom is -0.493 e. The van der Waals surface area contributed by atoms with Gasteiger partial charge in [-0.05, 0) is 36.1 Å². The van der Waals surface area contributed by atoms with Gasteiger partial charge >= 0.3 is 0 Å². The van der Waals surface area contributed by atoms with Gasteiger partial charge in [0.1, 0.15) is 0 Å². The van der Waals surface area contributed by atoms with E-state index in [1.54, 1.807) is 28.4 Å². The third kappa shape index (κ3) is 2.76. The first-order chi connectivity index (χ1) is 10.2. The minimum absolute atomic E-state index is 0.0621. The van der Waals surface area contributed by atoms with Crippen molar-refractivity contribution in [2.75, 3.05) is 28.4 Å². The van der Waals surface area contributed by atoms with Crippen molar-refractivity contribution < 1.29 is 18.9 Å². The molecule has 0 heterocycles. The van der Waals surface area contributed by atoms with Gasteiger partial charge in [-0.3, -0.25) is 0 Å². The highest BCUT2D eigenvalue weighted by molar-refractivity contribution is 5.83. The van der Waals surface area contributed by atoms with E-state index in [0.717, 1.165) is 29.5 Å². The summed E-state index contributed by atoms with van der Waals surface area (Å²) in [4.78, 5) is 0. The Hall–Kier alpha value is -1.94. The van der Waals surface area contributed by atoms with E-state index in [0.29, 0.717) is 17.2 Å². The van der Waals surface area contributed by atoms with Gasteiger partial charge in [-0.1, -0.05) is 12.7 Å². The zero-order valence-corrected chi connectivity index (χ0v) is 13.1. The van der Waals surface area contributed by atoms with Crippen molar-refractivity contribution in [1.82, 2.24) is 0 Å². The summed E-state index contributed by atoms with van der Waals surface area (Å²) in [5.74, 6) is 1.95. The molecule has 2 rings (SSSR count). The Morgan fingerprint density at radius 2 is 1.81 bits per heavy atom. The van der Waals surface area contributed by atoms with Crippen LogP contribution in [0.3, 0.4) is 0 Å². The zero-order valence-electron chi connectivity index (χ0n) is 13.1. The highest BCUT2D eigenvalue weighted by Gasteiger charge is 2.25. The van der Waals surface area contributed by atoms with Gasteiger partial charge in [0.15, 0.2) is 11.5 Å². The average molecular weight is 290 g/mol. The largest absolute Gasteiger partial charge is 0.493 e. The van der Waals surface area contributed by atoms with Crippen LogP contribution < -0.4 is 14.2 Å². The molecule has 0 saturated heterocycles. The summed E-state index contributed by atoms with van der Waals surface area (Å²) in [7, 11) is 6.59. The lowest BCUT2D eigenvalue weighted by molar-refractivity contribution is 0.135. The van der Waals surface area contributed by atoms with Gasteiger partial charge in [-0.15, -0.1) is 0 Å². The molecular weight excluding hydrogens is 268 g/mol. The lowest BCUT2D eigenvalue weighted by atomic mass is 9.96. The molecule has 0 amide bonds. The van der Waals surface area contributed by atoms with Crippen molar-refractivity contribution in [3.63, 3.8) is 0 Å². The van der Waals surface area contributed by atoms with Crippen molar-refractivity contribution >= 4 is 5.57 Å². The van der Waals surface area contributed by atoms with Crippen molar-refractivity contribution in [2.45, 2.75) is 18.9 Å². The second-order valence-electron chi connectivity index (χ2n) is 4.82. The van der Waals surface area contributed by atoms with Crippen LogP contribution in [0.5, 0.6) is 17.2 Å². The summed E-state index contributed by atoms with van der Waals surface area (Å²) < 4.78 is 22.0. The van der Waals surface area contributed by atoms with Crippen LogP contribution >= 0.6 is 0 Å². The van der Waals surface area contributed by atoms with E-state index in [4.69, 9.17) is 18.9 Å². The maximum Gasteiger partial charge on any atom is 0.203 e. The van der Waals surface area contributed by atoms with E-state index < -0.39 is 0 Å². The molecule has 0 radical (unpaired) electrons. The first-order valence-electron chi connectivity index (χ1n) is 6.89. The molecule has 0 aromatic heterocycles. The molecule has 0 spiro atoms. The lowest BCUT2D eigenvalue weighted by Crippen LogP contribution is -2.06.